The van der Waals surface area contributed by atoms with Gasteiger partial charge in [-0.25, -0.2) is 4.98 Å². The van der Waals surface area contributed by atoms with Gasteiger partial charge in [-0.05, 0) is 30.7 Å². The van der Waals surface area contributed by atoms with Crippen LogP contribution in [-0.4, -0.2) is 29.5 Å². The maximum Gasteiger partial charge on any atom is 0.269 e. The van der Waals surface area contributed by atoms with Gasteiger partial charge in [-0.3, -0.25) is 14.9 Å². The summed E-state index contributed by atoms with van der Waals surface area (Å²) in [5.41, 5.74) is 1.56. The van der Waals surface area contributed by atoms with Gasteiger partial charge in [0, 0.05) is 30.8 Å². The van der Waals surface area contributed by atoms with Gasteiger partial charge in [0.15, 0.2) is 5.13 Å². The fourth-order valence-electron chi connectivity index (χ4n) is 2.51. The third-order valence-corrected chi connectivity index (χ3v) is 4.77. The van der Waals surface area contributed by atoms with Crippen molar-refractivity contribution in [2.45, 2.75) is 12.8 Å². The minimum absolute atomic E-state index is 0.0485. The molecule has 0 unspecified atom stereocenters. The van der Waals surface area contributed by atoms with Crippen LogP contribution in [0.15, 0.2) is 42.5 Å². The third-order valence-electron chi connectivity index (χ3n) is 3.84. The predicted octanol–water partition coefficient (Wildman–Crippen LogP) is 4.04. The molecule has 0 radical (unpaired) electrons. The zero-order chi connectivity index (χ0) is 19.2. The standard InChI is InChI=1S/C18H18N4O4S/c1-26-14-4-2-5-15-17(14)21-18(27-15)20-16(23)6-3-11-19-12-7-9-13(10-8-12)22(24)25/h2,4-5,7-10,19H,3,6,11H2,1H3,(H,20,21,23). The second kappa shape index (κ2) is 8.45. The van der Waals surface area contributed by atoms with Crippen molar-refractivity contribution in [3.05, 3.63) is 52.6 Å². The van der Waals surface area contributed by atoms with E-state index in [1.807, 2.05) is 18.2 Å². The van der Waals surface area contributed by atoms with E-state index in [9.17, 15) is 14.9 Å². The Balaban J connectivity index is 1.46. The van der Waals surface area contributed by atoms with Crippen molar-refractivity contribution in [3.63, 3.8) is 0 Å². The van der Waals surface area contributed by atoms with Crippen LogP contribution in [0.2, 0.25) is 0 Å². The molecular weight excluding hydrogens is 368 g/mol. The van der Waals surface area contributed by atoms with Crippen LogP contribution >= 0.6 is 11.3 Å². The number of methoxy groups -OCH3 is 1. The van der Waals surface area contributed by atoms with Gasteiger partial charge in [0.2, 0.25) is 5.91 Å². The van der Waals surface area contributed by atoms with E-state index in [-0.39, 0.29) is 11.6 Å². The van der Waals surface area contributed by atoms with Gasteiger partial charge in [0.05, 0.1) is 16.7 Å². The van der Waals surface area contributed by atoms with Crippen LogP contribution in [0.5, 0.6) is 5.75 Å². The van der Waals surface area contributed by atoms with Crippen molar-refractivity contribution in [2.75, 3.05) is 24.3 Å². The quantitative estimate of drug-likeness (QED) is 0.344. The van der Waals surface area contributed by atoms with Crippen molar-refractivity contribution >= 4 is 44.0 Å². The number of para-hydroxylation sites is 1. The number of benzene rings is 2. The number of fused-ring (bicyclic) bond motifs is 1. The van der Waals surface area contributed by atoms with E-state index in [1.54, 1.807) is 19.2 Å². The van der Waals surface area contributed by atoms with E-state index in [0.29, 0.717) is 30.3 Å². The van der Waals surface area contributed by atoms with Crippen LogP contribution in [-0.2, 0) is 4.79 Å². The minimum atomic E-state index is -0.439. The number of rotatable bonds is 8. The Labute approximate surface area is 159 Å². The minimum Gasteiger partial charge on any atom is -0.494 e. The molecule has 140 valence electrons. The zero-order valence-electron chi connectivity index (χ0n) is 14.6. The number of thiazole rings is 1. The molecule has 27 heavy (non-hydrogen) atoms. The van der Waals surface area contributed by atoms with Crippen LogP contribution in [0, 0.1) is 10.1 Å². The Morgan fingerprint density at radius 2 is 2.04 bits per heavy atom. The number of nitro groups is 1. The Bertz CT molecular complexity index is 956. The first-order chi connectivity index (χ1) is 13.1. The first-order valence-electron chi connectivity index (χ1n) is 8.28. The fourth-order valence-corrected chi connectivity index (χ4v) is 3.41. The summed E-state index contributed by atoms with van der Waals surface area (Å²) in [5.74, 6) is 0.565. The lowest BCUT2D eigenvalue weighted by Gasteiger charge is -2.06. The Hall–Kier alpha value is -3.20. The molecule has 0 saturated heterocycles. The molecule has 1 heterocycles. The summed E-state index contributed by atoms with van der Waals surface area (Å²) in [6.45, 7) is 0.582. The summed E-state index contributed by atoms with van der Waals surface area (Å²) in [4.78, 5) is 26.7. The second-order valence-corrected chi connectivity index (χ2v) is 6.74. The maximum absolute atomic E-state index is 12.1. The molecule has 0 aliphatic rings. The van der Waals surface area contributed by atoms with Gasteiger partial charge < -0.3 is 15.4 Å². The van der Waals surface area contributed by atoms with Gasteiger partial charge in [-0.2, -0.15) is 0 Å². The molecule has 8 nitrogen and oxygen atoms in total. The van der Waals surface area contributed by atoms with Crippen LogP contribution in [0.25, 0.3) is 10.2 Å². The van der Waals surface area contributed by atoms with Crippen LogP contribution < -0.4 is 15.4 Å². The molecule has 0 bridgehead atoms. The van der Waals surface area contributed by atoms with Gasteiger partial charge >= 0.3 is 0 Å². The first kappa shape index (κ1) is 18.6. The highest BCUT2D eigenvalue weighted by atomic mass is 32.1. The third kappa shape index (κ3) is 4.70. The average molecular weight is 386 g/mol. The molecule has 0 spiro atoms. The molecule has 0 saturated carbocycles. The predicted molar refractivity (Wildman–Crippen MR) is 106 cm³/mol. The van der Waals surface area contributed by atoms with E-state index < -0.39 is 4.92 Å². The lowest BCUT2D eigenvalue weighted by Crippen LogP contribution is -2.13. The SMILES string of the molecule is COc1cccc2sc(NC(=O)CCCNc3ccc([N+](=O)[O-])cc3)nc12. The summed E-state index contributed by atoms with van der Waals surface area (Å²) in [5, 5.41) is 17.1. The topological polar surface area (TPSA) is 106 Å². The molecule has 0 atom stereocenters. The van der Waals surface area contributed by atoms with Gasteiger partial charge in [0.25, 0.3) is 5.69 Å². The van der Waals surface area contributed by atoms with Crippen LogP contribution in [0.1, 0.15) is 12.8 Å². The van der Waals surface area contributed by atoms with Gasteiger partial charge in [-0.1, -0.05) is 17.4 Å². The molecule has 2 N–H and O–H groups in total. The molecule has 3 rings (SSSR count). The van der Waals surface area contributed by atoms with Crippen molar-refractivity contribution in [1.29, 1.82) is 0 Å². The van der Waals surface area contributed by atoms with E-state index >= 15 is 0 Å². The van der Waals surface area contributed by atoms with Gasteiger partial charge in [-0.15, -0.1) is 0 Å². The lowest BCUT2D eigenvalue weighted by atomic mass is 10.2. The van der Waals surface area contributed by atoms with Crippen LogP contribution in [0.3, 0.4) is 0 Å². The van der Waals surface area contributed by atoms with E-state index in [1.165, 1.54) is 23.5 Å². The monoisotopic (exact) mass is 386 g/mol. The summed E-state index contributed by atoms with van der Waals surface area (Å²) in [7, 11) is 1.59. The number of nitrogens with zero attached hydrogens (tertiary/aromatic N) is 2. The van der Waals surface area contributed by atoms with E-state index in [0.717, 1.165) is 15.9 Å². The maximum atomic E-state index is 12.1. The molecule has 1 aromatic heterocycles. The number of nitro benzene ring substituents is 1. The smallest absolute Gasteiger partial charge is 0.269 e. The highest BCUT2D eigenvalue weighted by Crippen LogP contribution is 2.32. The lowest BCUT2D eigenvalue weighted by molar-refractivity contribution is -0.384. The molecule has 1 amide bonds. The van der Waals surface area contributed by atoms with Crippen molar-refractivity contribution in [1.82, 2.24) is 4.98 Å². The summed E-state index contributed by atoms with van der Waals surface area (Å²) < 4.78 is 6.22. The number of hydrogen-bond donors (Lipinski definition) is 2. The van der Waals surface area contributed by atoms with Crippen molar-refractivity contribution in [2.24, 2.45) is 0 Å². The number of hydrogen-bond acceptors (Lipinski definition) is 7. The summed E-state index contributed by atoms with van der Waals surface area (Å²) >= 11 is 1.40. The first-order valence-corrected chi connectivity index (χ1v) is 9.10. The normalized spacial score (nSPS) is 10.6. The number of ether oxygens (including phenoxy) is 1. The summed E-state index contributed by atoms with van der Waals surface area (Å²) in [6.07, 6.45) is 0.962. The van der Waals surface area contributed by atoms with Crippen LogP contribution in [0.4, 0.5) is 16.5 Å². The molecule has 0 aliphatic heterocycles. The number of carbonyl (C=O) groups excluding carboxylic acids is 1. The number of nitrogens with one attached hydrogen (secondary N) is 2. The zero-order valence-corrected chi connectivity index (χ0v) is 15.4. The molecule has 0 aliphatic carbocycles. The van der Waals surface area contributed by atoms with Gasteiger partial charge in [0.1, 0.15) is 11.3 Å². The summed E-state index contributed by atoms with van der Waals surface area (Å²) in [6, 6.07) is 11.8. The largest absolute Gasteiger partial charge is 0.494 e. The number of non-ortho nitro benzene ring substituents is 1. The number of carbonyl (C=O) groups is 1. The molecule has 2 aromatic carbocycles. The van der Waals surface area contributed by atoms with Crippen molar-refractivity contribution in [3.8, 4) is 5.75 Å². The highest BCUT2D eigenvalue weighted by molar-refractivity contribution is 7.22. The van der Waals surface area contributed by atoms with Crippen molar-refractivity contribution < 1.29 is 14.5 Å². The molecule has 9 heteroatoms. The molecule has 3 aromatic rings. The number of aromatic nitrogens is 1. The Kier molecular flexibility index (Phi) is 5.82. The number of amides is 1. The Morgan fingerprint density at radius 1 is 1.26 bits per heavy atom. The van der Waals surface area contributed by atoms with E-state index in [4.69, 9.17) is 4.74 Å². The Morgan fingerprint density at radius 3 is 2.74 bits per heavy atom. The number of anilines is 2. The van der Waals surface area contributed by atoms with E-state index in [2.05, 4.69) is 15.6 Å². The fraction of sp³-hybridized carbons (Fsp3) is 0.222. The average Bonchev–Trinajstić information content (AvgIpc) is 3.07. The molecule has 0 fully saturated rings. The highest BCUT2D eigenvalue weighted by Gasteiger charge is 2.11. The second-order valence-electron chi connectivity index (χ2n) is 5.71. The molecular formula is C18H18N4O4S.